The number of aliphatic imine (C=N–C) groups is 1. The Morgan fingerprint density at radius 2 is 2.00 bits per heavy atom. The predicted molar refractivity (Wildman–Crippen MR) is 98.1 cm³/mol. The Bertz CT molecular complexity index is 804. The fraction of sp³-hybridized carbons (Fsp3) is 0.421. The molecule has 1 amide bonds. The summed E-state index contributed by atoms with van der Waals surface area (Å²) in [6.45, 7) is 7.32. The number of nitrogens with one attached hydrogen (secondary N) is 1. The van der Waals surface area contributed by atoms with Crippen molar-refractivity contribution in [2.75, 3.05) is 13.7 Å². The maximum Gasteiger partial charge on any atom is 0.272 e. The molecule has 1 aromatic carbocycles. The van der Waals surface area contributed by atoms with Gasteiger partial charge in [0.2, 0.25) is 0 Å². The molecule has 2 aromatic rings. The number of rotatable bonds is 5. The third kappa shape index (κ3) is 3.29. The van der Waals surface area contributed by atoms with Crippen molar-refractivity contribution in [2.24, 2.45) is 4.99 Å². The number of aromatic nitrogens is 2. The number of methoxy groups -OCH3 is 1. The SMILES string of the molecule is CCCn1nc(C(C)C)c2c1C(=O)NCC(c1ccc(OC)cc1)=N2. The van der Waals surface area contributed by atoms with E-state index in [1.807, 2.05) is 24.3 Å². The number of aryl methyl sites for hydroxylation is 1. The molecule has 0 bridgehead atoms. The van der Waals surface area contributed by atoms with Crippen LogP contribution in [-0.2, 0) is 6.54 Å². The highest BCUT2D eigenvalue weighted by atomic mass is 16.5. The minimum atomic E-state index is -0.116. The van der Waals surface area contributed by atoms with Crippen LogP contribution in [0.5, 0.6) is 5.75 Å². The normalized spacial score (nSPS) is 14.0. The van der Waals surface area contributed by atoms with Crippen LogP contribution < -0.4 is 10.1 Å². The molecule has 0 radical (unpaired) electrons. The van der Waals surface area contributed by atoms with Gasteiger partial charge in [0, 0.05) is 6.54 Å². The number of ether oxygens (including phenoxy) is 1. The van der Waals surface area contributed by atoms with E-state index in [0.29, 0.717) is 24.5 Å². The van der Waals surface area contributed by atoms with E-state index < -0.39 is 0 Å². The van der Waals surface area contributed by atoms with Gasteiger partial charge in [0.05, 0.1) is 25.1 Å². The summed E-state index contributed by atoms with van der Waals surface area (Å²) in [7, 11) is 1.64. The van der Waals surface area contributed by atoms with Gasteiger partial charge in [-0.05, 0) is 42.2 Å². The van der Waals surface area contributed by atoms with Gasteiger partial charge < -0.3 is 10.1 Å². The Hall–Kier alpha value is -2.63. The smallest absolute Gasteiger partial charge is 0.272 e. The molecule has 1 aromatic heterocycles. The second kappa shape index (κ2) is 7.09. The molecule has 0 fully saturated rings. The van der Waals surface area contributed by atoms with Gasteiger partial charge in [0.15, 0.2) is 5.69 Å². The van der Waals surface area contributed by atoms with E-state index >= 15 is 0 Å². The summed E-state index contributed by atoms with van der Waals surface area (Å²) in [6, 6.07) is 7.71. The summed E-state index contributed by atoms with van der Waals surface area (Å²) >= 11 is 0. The molecule has 0 unspecified atom stereocenters. The molecule has 2 heterocycles. The first kappa shape index (κ1) is 17.2. The van der Waals surface area contributed by atoms with Gasteiger partial charge in [-0.25, -0.2) is 4.99 Å². The minimum Gasteiger partial charge on any atom is -0.497 e. The third-order valence-corrected chi connectivity index (χ3v) is 4.24. The number of hydrogen-bond donors (Lipinski definition) is 1. The van der Waals surface area contributed by atoms with Crippen molar-refractivity contribution in [3.05, 3.63) is 41.2 Å². The molecular weight excluding hydrogens is 316 g/mol. The lowest BCUT2D eigenvalue weighted by atomic mass is 10.1. The number of hydrogen-bond acceptors (Lipinski definition) is 4. The van der Waals surface area contributed by atoms with Gasteiger partial charge >= 0.3 is 0 Å². The average molecular weight is 340 g/mol. The summed E-state index contributed by atoms with van der Waals surface area (Å²) in [5, 5.41) is 7.62. The van der Waals surface area contributed by atoms with Crippen LogP contribution in [0, 0.1) is 0 Å². The maximum absolute atomic E-state index is 12.6. The monoisotopic (exact) mass is 340 g/mol. The molecule has 6 nitrogen and oxygen atoms in total. The van der Waals surface area contributed by atoms with E-state index in [4.69, 9.17) is 9.73 Å². The van der Waals surface area contributed by atoms with Crippen LogP contribution in [0.15, 0.2) is 29.3 Å². The van der Waals surface area contributed by atoms with E-state index in [9.17, 15) is 4.79 Å². The van der Waals surface area contributed by atoms with Crippen LogP contribution in [-0.4, -0.2) is 35.1 Å². The molecule has 1 N–H and O–H groups in total. The van der Waals surface area contributed by atoms with Gasteiger partial charge in [0.1, 0.15) is 11.4 Å². The predicted octanol–water partition coefficient (Wildman–Crippen LogP) is 3.29. The van der Waals surface area contributed by atoms with Gasteiger partial charge in [-0.1, -0.05) is 20.8 Å². The number of benzene rings is 1. The van der Waals surface area contributed by atoms with Crippen molar-refractivity contribution in [3.8, 4) is 5.75 Å². The van der Waals surface area contributed by atoms with E-state index in [0.717, 1.165) is 29.1 Å². The molecule has 1 aliphatic heterocycles. The summed E-state index contributed by atoms with van der Waals surface area (Å²) < 4.78 is 7.00. The molecule has 0 atom stereocenters. The first-order valence-corrected chi connectivity index (χ1v) is 8.66. The zero-order valence-electron chi connectivity index (χ0n) is 15.2. The molecule has 0 saturated carbocycles. The summed E-state index contributed by atoms with van der Waals surface area (Å²) in [4.78, 5) is 17.5. The number of amides is 1. The van der Waals surface area contributed by atoms with Crippen LogP contribution in [0.2, 0.25) is 0 Å². The van der Waals surface area contributed by atoms with Crippen molar-refractivity contribution >= 4 is 17.3 Å². The number of carbonyl (C=O) groups excluding carboxylic acids is 1. The first-order chi connectivity index (χ1) is 12.0. The minimum absolute atomic E-state index is 0.116. The Morgan fingerprint density at radius 3 is 2.60 bits per heavy atom. The highest BCUT2D eigenvalue weighted by molar-refractivity contribution is 6.10. The number of fused-ring (bicyclic) bond motifs is 1. The standard InChI is InChI=1S/C19H24N4O2/c1-5-10-23-18-17(16(22-23)12(2)3)21-15(11-20-19(18)24)13-6-8-14(25-4)9-7-13/h6-9,12H,5,10-11H2,1-4H3,(H,20,24). The van der Waals surface area contributed by atoms with Gasteiger partial charge in [0.25, 0.3) is 5.91 Å². The Labute approximate surface area is 147 Å². The molecule has 25 heavy (non-hydrogen) atoms. The Morgan fingerprint density at radius 1 is 1.28 bits per heavy atom. The Balaban J connectivity index is 2.11. The molecule has 0 aliphatic carbocycles. The van der Waals surface area contributed by atoms with Crippen molar-refractivity contribution in [1.82, 2.24) is 15.1 Å². The van der Waals surface area contributed by atoms with Gasteiger partial charge in [-0.15, -0.1) is 0 Å². The Kier molecular flexibility index (Phi) is 4.88. The lowest BCUT2D eigenvalue weighted by Gasteiger charge is -2.08. The molecule has 6 heteroatoms. The second-order valence-electron chi connectivity index (χ2n) is 6.43. The quantitative estimate of drug-likeness (QED) is 0.908. The zero-order chi connectivity index (χ0) is 18.0. The lowest BCUT2D eigenvalue weighted by molar-refractivity contribution is 0.0950. The number of nitrogens with zero attached hydrogens (tertiary/aromatic N) is 3. The van der Waals surface area contributed by atoms with Crippen molar-refractivity contribution < 1.29 is 9.53 Å². The topological polar surface area (TPSA) is 68.5 Å². The van der Waals surface area contributed by atoms with E-state index in [2.05, 4.69) is 31.2 Å². The first-order valence-electron chi connectivity index (χ1n) is 8.66. The van der Waals surface area contributed by atoms with Gasteiger partial charge in [-0.2, -0.15) is 5.10 Å². The van der Waals surface area contributed by atoms with E-state index in [-0.39, 0.29) is 11.8 Å². The summed E-state index contributed by atoms with van der Waals surface area (Å²) in [5.41, 5.74) is 3.92. The van der Waals surface area contributed by atoms with Crippen LogP contribution >= 0.6 is 0 Å². The molecule has 132 valence electrons. The van der Waals surface area contributed by atoms with Crippen molar-refractivity contribution in [3.63, 3.8) is 0 Å². The molecule has 3 rings (SSSR count). The van der Waals surface area contributed by atoms with Crippen LogP contribution in [0.3, 0.4) is 0 Å². The average Bonchev–Trinajstić information content (AvgIpc) is 2.87. The molecule has 0 saturated heterocycles. The summed E-state index contributed by atoms with van der Waals surface area (Å²) in [6.07, 6.45) is 0.911. The van der Waals surface area contributed by atoms with Crippen molar-refractivity contribution in [2.45, 2.75) is 39.7 Å². The van der Waals surface area contributed by atoms with Gasteiger partial charge in [-0.3, -0.25) is 9.48 Å². The van der Waals surface area contributed by atoms with Crippen LogP contribution in [0.25, 0.3) is 0 Å². The van der Waals surface area contributed by atoms with Crippen molar-refractivity contribution in [1.29, 1.82) is 0 Å². The largest absolute Gasteiger partial charge is 0.497 e. The highest BCUT2D eigenvalue weighted by Crippen LogP contribution is 2.32. The number of carbonyl (C=O) groups is 1. The zero-order valence-corrected chi connectivity index (χ0v) is 15.2. The van der Waals surface area contributed by atoms with E-state index in [1.54, 1.807) is 11.8 Å². The third-order valence-electron chi connectivity index (χ3n) is 4.24. The molecular formula is C19H24N4O2. The highest BCUT2D eigenvalue weighted by Gasteiger charge is 2.27. The molecule has 1 aliphatic rings. The second-order valence-corrected chi connectivity index (χ2v) is 6.43. The van der Waals surface area contributed by atoms with Crippen LogP contribution in [0.4, 0.5) is 5.69 Å². The maximum atomic E-state index is 12.6. The lowest BCUT2D eigenvalue weighted by Crippen LogP contribution is -2.30. The fourth-order valence-corrected chi connectivity index (χ4v) is 2.94. The van der Waals surface area contributed by atoms with Crippen LogP contribution in [0.1, 0.15) is 54.9 Å². The summed E-state index contributed by atoms with van der Waals surface area (Å²) in [5.74, 6) is 0.870. The fourth-order valence-electron chi connectivity index (χ4n) is 2.94. The molecule has 0 spiro atoms. The van der Waals surface area contributed by atoms with E-state index in [1.165, 1.54) is 0 Å².